The second-order valence-corrected chi connectivity index (χ2v) is 9.44. The second kappa shape index (κ2) is 10.4. The van der Waals surface area contributed by atoms with Crippen LogP contribution in [0.3, 0.4) is 0 Å². The van der Waals surface area contributed by atoms with Gasteiger partial charge in [-0.15, -0.1) is 0 Å². The number of likely N-dealkylation sites (N-methyl/N-ethyl adjacent to an activating group) is 1. The largest absolute Gasteiger partial charge is 0.348 e. The molecule has 2 aromatic heterocycles. The number of urea groups is 1. The number of aryl methyl sites for hydroxylation is 1. The van der Waals surface area contributed by atoms with Gasteiger partial charge in [0.2, 0.25) is 5.95 Å². The minimum Gasteiger partial charge on any atom is -0.348 e. The number of aromatic nitrogens is 4. The van der Waals surface area contributed by atoms with E-state index in [9.17, 15) is 4.79 Å². The normalized spacial score (nSPS) is 16.3. The molecular weight excluding hydrogens is 452 g/mol. The highest BCUT2D eigenvalue weighted by atomic mass is 35.5. The molecule has 0 spiro atoms. The van der Waals surface area contributed by atoms with Crippen molar-refractivity contribution in [1.82, 2.24) is 34.9 Å². The van der Waals surface area contributed by atoms with Crippen LogP contribution in [0.2, 0.25) is 5.02 Å². The van der Waals surface area contributed by atoms with Gasteiger partial charge < -0.3 is 20.4 Å². The summed E-state index contributed by atoms with van der Waals surface area (Å²) < 4.78 is 1.76. The molecule has 0 fully saturated rings. The van der Waals surface area contributed by atoms with Crippen LogP contribution in [0.1, 0.15) is 35.5 Å². The molecular formula is C24H31ClN8O. The van der Waals surface area contributed by atoms with Gasteiger partial charge in [-0.2, -0.15) is 5.10 Å². The molecule has 3 heterocycles. The first-order valence-corrected chi connectivity index (χ1v) is 11.7. The summed E-state index contributed by atoms with van der Waals surface area (Å²) in [5.74, 6) is 0.531. The van der Waals surface area contributed by atoms with E-state index < -0.39 is 0 Å². The molecule has 0 saturated carbocycles. The fourth-order valence-corrected chi connectivity index (χ4v) is 4.33. The number of rotatable bonds is 7. The van der Waals surface area contributed by atoms with E-state index in [1.807, 2.05) is 73.7 Å². The van der Waals surface area contributed by atoms with Gasteiger partial charge in [-0.1, -0.05) is 23.7 Å². The molecule has 1 aliphatic rings. The summed E-state index contributed by atoms with van der Waals surface area (Å²) in [6.45, 7) is 3.67. The molecule has 34 heavy (non-hydrogen) atoms. The number of amides is 2. The fourth-order valence-electron chi connectivity index (χ4n) is 4.13. The van der Waals surface area contributed by atoms with Gasteiger partial charge >= 0.3 is 6.03 Å². The highest BCUT2D eigenvalue weighted by Gasteiger charge is 2.30. The number of nitrogens with zero attached hydrogens (tertiary/aromatic N) is 6. The maximum Gasteiger partial charge on any atom is 0.318 e. The van der Waals surface area contributed by atoms with Crippen LogP contribution in [0.5, 0.6) is 0 Å². The van der Waals surface area contributed by atoms with E-state index in [-0.39, 0.29) is 18.1 Å². The molecule has 2 atom stereocenters. The average Bonchev–Trinajstić information content (AvgIpc) is 3.21. The number of nitrogens with one attached hydrogen (secondary N) is 2. The van der Waals surface area contributed by atoms with Crippen LogP contribution in [-0.2, 0) is 26.6 Å². The van der Waals surface area contributed by atoms with Crippen molar-refractivity contribution in [2.45, 2.75) is 38.5 Å². The lowest BCUT2D eigenvalue weighted by molar-refractivity contribution is 0.161. The van der Waals surface area contributed by atoms with E-state index in [1.165, 1.54) is 0 Å². The number of halogens is 1. The molecule has 0 unspecified atom stereocenters. The Morgan fingerprint density at radius 3 is 2.85 bits per heavy atom. The van der Waals surface area contributed by atoms with Crippen LogP contribution in [0.15, 0.2) is 42.7 Å². The van der Waals surface area contributed by atoms with E-state index in [2.05, 4.69) is 27.6 Å². The van der Waals surface area contributed by atoms with Crippen LogP contribution < -0.4 is 10.6 Å². The molecule has 0 radical (unpaired) electrons. The summed E-state index contributed by atoms with van der Waals surface area (Å²) in [5.41, 5.74) is 3.81. The molecule has 2 amide bonds. The minimum atomic E-state index is -0.184. The summed E-state index contributed by atoms with van der Waals surface area (Å²) in [4.78, 5) is 26.4. The van der Waals surface area contributed by atoms with E-state index >= 15 is 0 Å². The predicted octanol–water partition coefficient (Wildman–Crippen LogP) is 3.23. The molecule has 0 saturated heterocycles. The lowest BCUT2D eigenvalue weighted by Gasteiger charge is -2.35. The predicted molar refractivity (Wildman–Crippen MR) is 133 cm³/mol. The molecule has 9 nitrogen and oxygen atoms in total. The highest BCUT2D eigenvalue weighted by Crippen LogP contribution is 2.24. The molecule has 1 aromatic carbocycles. The van der Waals surface area contributed by atoms with Crippen molar-refractivity contribution in [3.05, 3.63) is 70.3 Å². The van der Waals surface area contributed by atoms with Gasteiger partial charge in [0.05, 0.1) is 30.5 Å². The summed E-state index contributed by atoms with van der Waals surface area (Å²) in [6.07, 6.45) is 4.46. The van der Waals surface area contributed by atoms with Crippen molar-refractivity contribution in [3.8, 4) is 0 Å². The number of fused-ring (bicyclic) bond motifs is 1. The molecule has 180 valence electrons. The van der Waals surface area contributed by atoms with Gasteiger partial charge in [0.15, 0.2) is 0 Å². The third-order valence-corrected chi connectivity index (χ3v) is 6.11. The fraction of sp³-hybridized carbons (Fsp3) is 0.417. The number of hydrogen-bond donors (Lipinski definition) is 2. The maximum absolute atomic E-state index is 13.4. The Kier molecular flexibility index (Phi) is 7.33. The molecule has 1 aliphatic heterocycles. The molecule has 0 aliphatic carbocycles. The number of anilines is 1. The lowest BCUT2D eigenvalue weighted by atomic mass is 10.0. The van der Waals surface area contributed by atoms with Crippen LogP contribution in [-0.4, -0.2) is 62.3 Å². The molecule has 3 aromatic rings. The Bertz CT molecular complexity index is 1150. The second-order valence-electron chi connectivity index (χ2n) is 9.00. The topological polar surface area (TPSA) is 91.2 Å². The summed E-state index contributed by atoms with van der Waals surface area (Å²) in [6, 6.07) is 9.30. The zero-order chi connectivity index (χ0) is 24.2. The van der Waals surface area contributed by atoms with Crippen molar-refractivity contribution in [1.29, 1.82) is 0 Å². The maximum atomic E-state index is 13.4. The third-order valence-electron chi connectivity index (χ3n) is 5.88. The number of carbonyl (C=O) groups is 1. The van der Waals surface area contributed by atoms with Crippen LogP contribution >= 0.6 is 11.6 Å². The number of benzene rings is 1. The van der Waals surface area contributed by atoms with Crippen molar-refractivity contribution in [2.24, 2.45) is 7.05 Å². The first kappa shape index (κ1) is 24.0. The van der Waals surface area contributed by atoms with Gasteiger partial charge in [0, 0.05) is 37.1 Å². The molecule has 4 rings (SSSR count). The monoisotopic (exact) mass is 482 g/mol. The summed E-state index contributed by atoms with van der Waals surface area (Å²) in [5, 5.41) is 11.4. The average molecular weight is 483 g/mol. The van der Waals surface area contributed by atoms with E-state index in [1.54, 1.807) is 4.68 Å². The van der Waals surface area contributed by atoms with Crippen LogP contribution in [0, 0.1) is 0 Å². The first-order valence-electron chi connectivity index (χ1n) is 11.3. The standard InChI is InChI=1S/C24H31ClN8O/c1-16-10-18-12-26-23(27-13-20-8-9-32(4)30-20)28-22(18)15-33(16)24(34)29-21(14-31(2)3)17-6-5-7-19(25)11-17/h5-9,11-12,16,21H,10,13-15H2,1-4H3,(H,29,34)(H,26,27,28)/t16-,21-/m1/s1. The Morgan fingerprint density at radius 2 is 2.15 bits per heavy atom. The molecule has 0 bridgehead atoms. The zero-order valence-corrected chi connectivity index (χ0v) is 20.8. The van der Waals surface area contributed by atoms with Crippen LogP contribution in [0.25, 0.3) is 0 Å². The van der Waals surface area contributed by atoms with Crippen molar-refractivity contribution < 1.29 is 4.79 Å². The number of carbonyl (C=O) groups excluding carboxylic acids is 1. The zero-order valence-electron chi connectivity index (χ0n) is 20.0. The van der Waals surface area contributed by atoms with Gasteiger partial charge in [-0.05, 0) is 56.8 Å². The van der Waals surface area contributed by atoms with Gasteiger partial charge in [0.1, 0.15) is 0 Å². The van der Waals surface area contributed by atoms with E-state index in [0.717, 1.165) is 22.5 Å². The smallest absolute Gasteiger partial charge is 0.318 e. The Balaban J connectivity index is 1.46. The van der Waals surface area contributed by atoms with Crippen molar-refractivity contribution in [3.63, 3.8) is 0 Å². The SMILES string of the molecule is C[C@@H]1Cc2cnc(NCc3ccn(C)n3)nc2CN1C(=O)N[C@H](CN(C)C)c1cccc(Cl)c1. The first-order chi connectivity index (χ1) is 16.3. The van der Waals surface area contributed by atoms with Crippen molar-refractivity contribution >= 4 is 23.6 Å². The van der Waals surface area contributed by atoms with Gasteiger partial charge in [0.25, 0.3) is 0 Å². The minimum absolute atomic E-state index is 0.0304. The third kappa shape index (κ3) is 5.84. The van der Waals surface area contributed by atoms with Gasteiger partial charge in [-0.3, -0.25) is 4.68 Å². The molecule has 10 heteroatoms. The Morgan fingerprint density at radius 1 is 1.32 bits per heavy atom. The van der Waals surface area contributed by atoms with Crippen molar-refractivity contribution in [2.75, 3.05) is 26.0 Å². The lowest BCUT2D eigenvalue weighted by Crippen LogP contribution is -2.50. The number of hydrogen-bond acceptors (Lipinski definition) is 6. The Labute approximate surface area is 205 Å². The Hall–Kier alpha value is -3.17. The summed E-state index contributed by atoms with van der Waals surface area (Å²) >= 11 is 6.21. The summed E-state index contributed by atoms with van der Waals surface area (Å²) in [7, 11) is 5.86. The highest BCUT2D eigenvalue weighted by molar-refractivity contribution is 6.30. The van der Waals surface area contributed by atoms with Crippen LogP contribution in [0.4, 0.5) is 10.7 Å². The van der Waals surface area contributed by atoms with E-state index in [4.69, 9.17) is 16.6 Å². The van der Waals surface area contributed by atoms with Gasteiger partial charge in [-0.25, -0.2) is 14.8 Å². The quantitative estimate of drug-likeness (QED) is 0.537. The van der Waals surface area contributed by atoms with E-state index in [0.29, 0.717) is 37.0 Å². The molecule has 2 N–H and O–H groups in total.